The van der Waals surface area contributed by atoms with Gasteiger partial charge in [0.2, 0.25) is 0 Å². The van der Waals surface area contributed by atoms with Crippen LogP contribution in [0.1, 0.15) is 0 Å². The predicted octanol–water partition coefficient (Wildman–Crippen LogP) is 4.33. The number of fused-ring (bicyclic) bond motifs is 7. The molecule has 22 heavy (non-hydrogen) atoms. The van der Waals surface area contributed by atoms with Crippen LogP contribution in [0.5, 0.6) is 0 Å². The molecule has 0 radical (unpaired) electrons. The molecule has 0 spiro atoms. The number of hydrogen-bond donors (Lipinski definition) is 0. The molecule has 3 aromatic heterocycles. The van der Waals surface area contributed by atoms with Crippen molar-refractivity contribution in [2.24, 2.45) is 0 Å². The first-order valence-electron chi connectivity index (χ1n) is 7.05. The molecule has 3 heterocycles. The standard InChI is InChI=1S/C18H10FN3/c19-13-6-7-14-15(10-13)22-16(21-14)8-5-12-4-3-11-2-1-9-20-17(11)18(12)22/h1-10H. The van der Waals surface area contributed by atoms with Crippen LogP contribution < -0.4 is 0 Å². The number of hydrogen-bond acceptors (Lipinski definition) is 2. The zero-order valence-electron chi connectivity index (χ0n) is 11.5. The zero-order valence-corrected chi connectivity index (χ0v) is 11.5. The Bertz CT molecular complexity index is 1190. The van der Waals surface area contributed by atoms with Gasteiger partial charge in [-0.3, -0.25) is 9.38 Å². The van der Waals surface area contributed by atoms with Crippen molar-refractivity contribution in [3.05, 3.63) is 66.6 Å². The monoisotopic (exact) mass is 287 g/mol. The second kappa shape index (κ2) is 4.01. The minimum absolute atomic E-state index is 0.264. The molecule has 3 nitrogen and oxygen atoms in total. The fraction of sp³-hybridized carbons (Fsp3) is 0. The van der Waals surface area contributed by atoms with Crippen molar-refractivity contribution in [3.63, 3.8) is 0 Å². The first kappa shape index (κ1) is 11.6. The first-order valence-corrected chi connectivity index (χ1v) is 7.05. The summed E-state index contributed by atoms with van der Waals surface area (Å²) in [4.78, 5) is 9.11. The van der Waals surface area contributed by atoms with Crippen LogP contribution in [0, 0.1) is 5.82 Å². The summed E-state index contributed by atoms with van der Waals surface area (Å²) in [5, 5.41) is 2.11. The third-order valence-electron chi connectivity index (χ3n) is 4.06. The molecule has 0 aliphatic heterocycles. The van der Waals surface area contributed by atoms with Crippen LogP contribution in [0.2, 0.25) is 0 Å². The SMILES string of the molecule is Fc1ccc2nc3ccc4ccc5cccnc5c4n3c2c1. The highest BCUT2D eigenvalue weighted by molar-refractivity contribution is 6.05. The van der Waals surface area contributed by atoms with Gasteiger partial charge in [0.15, 0.2) is 0 Å². The van der Waals surface area contributed by atoms with E-state index >= 15 is 0 Å². The summed E-state index contributed by atoms with van der Waals surface area (Å²) in [7, 11) is 0. The quantitative estimate of drug-likeness (QED) is 0.397. The number of benzene rings is 2. The molecule has 5 aromatic rings. The fourth-order valence-corrected chi connectivity index (χ4v) is 3.09. The van der Waals surface area contributed by atoms with Gasteiger partial charge >= 0.3 is 0 Å². The summed E-state index contributed by atoms with van der Waals surface area (Å²) in [5.74, 6) is -0.264. The third-order valence-corrected chi connectivity index (χ3v) is 4.06. The molecule has 0 aliphatic rings. The van der Waals surface area contributed by atoms with Crippen LogP contribution in [0.25, 0.3) is 38.5 Å². The van der Waals surface area contributed by atoms with E-state index in [9.17, 15) is 4.39 Å². The Balaban J connectivity index is 2.16. The van der Waals surface area contributed by atoms with Gasteiger partial charge in [0.05, 0.1) is 22.1 Å². The smallest absolute Gasteiger partial charge is 0.138 e. The number of halogens is 1. The molecular formula is C18H10FN3. The van der Waals surface area contributed by atoms with Crippen LogP contribution in [0.15, 0.2) is 60.8 Å². The molecule has 0 aliphatic carbocycles. The molecule has 4 heteroatoms. The summed E-state index contributed by atoms with van der Waals surface area (Å²) in [6, 6.07) is 16.7. The fourth-order valence-electron chi connectivity index (χ4n) is 3.09. The lowest BCUT2D eigenvalue weighted by atomic mass is 10.1. The van der Waals surface area contributed by atoms with Crippen molar-refractivity contribution in [3.8, 4) is 0 Å². The summed E-state index contributed by atoms with van der Waals surface area (Å²) in [5.41, 5.74) is 4.20. The lowest BCUT2D eigenvalue weighted by Gasteiger charge is -2.06. The second-order valence-corrected chi connectivity index (χ2v) is 5.35. The lowest BCUT2D eigenvalue weighted by molar-refractivity contribution is 0.629. The average molecular weight is 287 g/mol. The van der Waals surface area contributed by atoms with E-state index < -0.39 is 0 Å². The van der Waals surface area contributed by atoms with Crippen molar-refractivity contribution >= 4 is 38.5 Å². The van der Waals surface area contributed by atoms with E-state index in [1.807, 2.05) is 28.7 Å². The first-order chi connectivity index (χ1) is 10.8. The average Bonchev–Trinajstić information content (AvgIpc) is 2.92. The number of aromatic nitrogens is 3. The Hall–Kier alpha value is -3.01. The Morgan fingerprint density at radius 2 is 1.77 bits per heavy atom. The van der Waals surface area contributed by atoms with Crippen molar-refractivity contribution in [2.75, 3.05) is 0 Å². The molecule has 0 saturated heterocycles. The molecule has 2 aromatic carbocycles. The molecule has 0 N–H and O–H groups in total. The van der Waals surface area contributed by atoms with Crippen molar-refractivity contribution < 1.29 is 4.39 Å². The van der Waals surface area contributed by atoms with Gasteiger partial charge in [0, 0.05) is 23.0 Å². The van der Waals surface area contributed by atoms with Gasteiger partial charge in [0.1, 0.15) is 11.5 Å². The highest BCUT2D eigenvalue weighted by atomic mass is 19.1. The van der Waals surface area contributed by atoms with Crippen molar-refractivity contribution in [1.82, 2.24) is 14.4 Å². The lowest BCUT2D eigenvalue weighted by Crippen LogP contribution is -1.91. The predicted molar refractivity (Wildman–Crippen MR) is 85.5 cm³/mol. The largest absolute Gasteiger partial charge is 0.290 e. The highest BCUT2D eigenvalue weighted by Crippen LogP contribution is 2.28. The van der Waals surface area contributed by atoms with Crippen LogP contribution in [0.3, 0.4) is 0 Å². The molecule has 104 valence electrons. The van der Waals surface area contributed by atoms with E-state index in [1.54, 1.807) is 12.3 Å². The van der Waals surface area contributed by atoms with Crippen LogP contribution >= 0.6 is 0 Å². The molecule has 0 amide bonds. The Morgan fingerprint density at radius 3 is 2.73 bits per heavy atom. The maximum atomic E-state index is 13.7. The van der Waals surface area contributed by atoms with Gasteiger partial charge in [-0.25, -0.2) is 9.37 Å². The van der Waals surface area contributed by atoms with Gasteiger partial charge in [-0.15, -0.1) is 0 Å². The van der Waals surface area contributed by atoms with E-state index in [-0.39, 0.29) is 5.82 Å². The molecule has 0 saturated carbocycles. The third kappa shape index (κ3) is 1.44. The summed E-state index contributed by atoms with van der Waals surface area (Å²) in [6.07, 6.45) is 1.78. The van der Waals surface area contributed by atoms with Crippen molar-refractivity contribution in [2.45, 2.75) is 0 Å². The van der Waals surface area contributed by atoms with Crippen molar-refractivity contribution in [1.29, 1.82) is 0 Å². The van der Waals surface area contributed by atoms with E-state index in [1.165, 1.54) is 12.1 Å². The summed E-state index contributed by atoms with van der Waals surface area (Å²) < 4.78 is 15.7. The highest BCUT2D eigenvalue weighted by Gasteiger charge is 2.11. The Labute approximate surface area is 124 Å². The van der Waals surface area contributed by atoms with Crippen LogP contribution in [-0.4, -0.2) is 14.4 Å². The molecule has 0 unspecified atom stereocenters. The maximum Gasteiger partial charge on any atom is 0.138 e. The van der Waals surface area contributed by atoms with E-state index in [4.69, 9.17) is 0 Å². The topological polar surface area (TPSA) is 30.2 Å². The second-order valence-electron chi connectivity index (χ2n) is 5.35. The molecule has 0 bridgehead atoms. The molecule has 5 rings (SSSR count). The van der Waals surface area contributed by atoms with Gasteiger partial charge in [-0.2, -0.15) is 0 Å². The molecule has 0 fully saturated rings. The number of imidazole rings is 1. The summed E-state index contributed by atoms with van der Waals surface area (Å²) >= 11 is 0. The number of pyridine rings is 2. The van der Waals surface area contributed by atoms with Gasteiger partial charge in [0.25, 0.3) is 0 Å². The van der Waals surface area contributed by atoms with E-state index in [0.29, 0.717) is 0 Å². The number of rotatable bonds is 0. The van der Waals surface area contributed by atoms with Crippen LogP contribution in [0.4, 0.5) is 4.39 Å². The molecular weight excluding hydrogens is 277 g/mol. The Morgan fingerprint density at radius 1 is 0.909 bits per heavy atom. The van der Waals surface area contributed by atoms with Crippen LogP contribution in [-0.2, 0) is 0 Å². The van der Waals surface area contributed by atoms with E-state index in [0.717, 1.165) is 38.5 Å². The van der Waals surface area contributed by atoms with Gasteiger partial charge in [-0.1, -0.05) is 18.2 Å². The van der Waals surface area contributed by atoms with E-state index in [2.05, 4.69) is 22.1 Å². The minimum Gasteiger partial charge on any atom is -0.290 e. The summed E-state index contributed by atoms with van der Waals surface area (Å²) in [6.45, 7) is 0. The normalized spacial score (nSPS) is 11.9. The number of nitrogens with zero attached hydrogens (tertiary/aromatic N) is 3. The molecule has 0 atom stereocenters. The van der Waals surface area contributed by atoms with Gasteiger partial charge in [-0.05, 0) is 30.3 Å². The maximum absolute atomic E-state index is 13.7. The minimum atomic E-state index is -0.264. The van der Waals surface area contributed by atoms with Gasteiger partial charge < -0.3 is 0 Å². The zero-order chi connectivity index (χ0) is 14.7. The Kier molecular flexibility index (Phi) is 2.12.